The van der Waals surface area contributed by atoms with Crippen LogP contribution in [-0.2, 0) is 6.42 Å². The molecule has 0 saturated carbocycles. The molecule has 80 valence electrons. The van der Waals surface area contributed by atoms with Gasteiger partial charge in [-0.05, 0) is 25.0 Å². The molecule has 0 heterocycles. The summed E-state index contributed by atoms with van der Waals surface area (Å²) >= 11 is 0. The van der Waals surface area contributed by atoms with Gasteiger partial charge in [0.05, 0.1) is 6.61 Å². The lowest BCUT2D eigenvalue weighted by Crippen LogP contribution is -2.42. The second-order valence-corrected chi connectivity index (χ2v) is 3.58. The van der Waals surface area contributed by atoms with Gasteiger partial charge < -0.3 is 10.8 Å². The Balaban J connectivity index is 0.00000169. The average molecular weight is 220 g/mol. The molecule has 1 rings (SSSR count). The van der Waals surface area contributed by atoms with Crippen LogP contribution in [0.15, 0.2) is 24.3 Å². The fraction of sp³-hybridized carbons (Fsp3) is 0.400. The molecule has 1 aromatic carbocycles. The monoisotopic (exact) mass is 219 g/mol. The number of benzene rings is 1. The third kappa shape index (κ3) is 3.62. The number of rotatable bonds is 3. The first-order valence-corrected chi connectivity index (χ1v) is 4.18. The predicted molar refractivity (Wildman–Crippen MR) is 57.0 cm³/mol. The van der Waals surface area contributed by atoms with Gasteiger partial charge in [-0.15, -0.1) is 12.4 Å². The highest BCUT2D eigenvalue weighted by atomic mass is 35.5. The Morgan fingerprint density at radius 2 is 2.00 bits per heavy atom. The molecule has 0 amide bonds. The number of aliphatic hydroxyl groups excluding tert-OH is 1. The van der Waals surface area contributed by atoms with Crippen molar-refractivity contribution in [3.8, 4) is 0 Å². The van der Waals surface area contributed by atoms with E-state index in [1.807, 2.05) is 0 Å². The summed E-state index contributed by atoms with van der Waals surface area (Å²) in [5.41, 5.74) is 5.50. The molecule has 0 fully saturated rings. The van der Waals surface area contributed by atoms with E-state index >= 15 is 0 Å². The Bertz CT molecular complexity index is 291. The fourth-order valence-corrected chi connectivity index (χ4v) is 1.13. The van der Waals surface area contributed by atoms with Crippen LogP contribution in [0.2, 0.25) is 0 Å². The van der Waals surface area contributed by atoms with Crippen molar-refractivity contribution in [2.24, 2.45) is 5.73 Å². The van der Waals surface area contributed by atoms with Gasteiger partial charge in [0, 0.05) is 5.54 Å². The minimum atomic E-state index is -0.748. The molecule has 1 unspecified atom stereocenters. The van der Waals surface area contributed by atoms with Crippen LogP contribution in [0.5, 0.6) is 0 Å². The summed E-state index contributed by atoms with van der Waals surface area (Å²) in [6, 6.07) is 6.45. The van der Waals surface area contributed by atoms with Crippen LogP contribution >= 0.6 is 12.4 Å². The Labute approximate surface area is 89.3 Å². The van der Waals surface area contributed by atoms with Crippen LogP contribution in [0.25, 0.3) is 0 Å². The van der Waals surface area contributed by atoms with Gasteiger partial charge in [-0.1, -0.05) is 18.2 Å². The molecule has 0 aliphatic carbocycles. The summed E-state index contributed by atoms with van der Waals surface area (Å²) in [5, 5.41) is 8.90. The van der Waals surface area contributed by atoms with Crippen molar-refractivity contribution in [1.82, 2.24) is 0 Å². The van der Waals surface area contributed by atoms with Crippen LogP contribution < -0.4 is 5.73 Å². The second kappa shape index (κ2) is 5.29. The van der Waals surface area contributed by atoms with E-state index in [9.17, 15) is 4.39 Å². The minimum absolute atomic E-state index is 0. The van der Waals surface area contributed by atoms with Crippen molar-refractivity contribution in [1.29, 1.82) is 0 Å². The van der Waals surface area contributed by atoms with Crippen molar-refractivity contribution in [2.45, 2.75) is 18.9 Å². The molecule has 1 aromatic rings. The van der Waals surface area contributed by atoms with E-state index in [1.54, 1.807) is 25.1 Å². The van der Waals surface area contributed by atoms with E-state index in [0.717, 1.165) is 0 Å². The normalized spacial score (nSPS) is 14.3. The molecule has 4 heteroatoms. The van der Waals surface area contributed by atoms with Crippen LogP contribution in [0, 0.1) is 5.82 Å². The maximum Gasteiger partial charge on any atom is 0.126 e. The Morgan fingerprint density at radius 3 is 2.50 bits per heavy atom. The molecule has 0 spiro atoms. The first kappa shape index (κ1) is 13.4. The Morgan fingerprint density at radius 1 is 1.43 bits per heavy atom. The van der Waals surface area contributed by atoms with E-state index in [0.29, 0.717) is 12.0 Å². The van der Waals surface area contributed by atoms with Crippen molar-refractivity contribution in [3.63, 3.8) is 0 Å². The molecule has 0 aliphatic heterocycles. The summed E-state index contributed by atoms with van der Waals surface area (Å²) in [6.07, 6.45) is 0.343. The molecule has 2 nitrogen and oxygen atoms in total. The molecule has 1 atom stereocenters. The van der Waals surface area contributed by atoms with Gasteiger partial charge in [0.15, 0.2) is 0 Å². The van der Waals surface area contributed by atoms with Crippen LogP contribution in [0.4, 0.5) is 4.39 Å². The van der Waals surface area contributed by atoms with Crippen LogP contribution in [0.1, 0.15) is 12.5 Å². The van der Waals surface area contributed by atoms with Gasteiger partial charge in [-0.25, -0.2) is 4.39 Å². The van der Waals surface area contributed by atoms with Crippen molar-refractivity contribution in [3.05, 3.63) is 35.6 Å². The van der Waals surface area contributed by atoms with E-state index in [-0.39, 0.29) is 24.8 Å². The van der Waals surface area contributed by atoms with E-state index in [2.05, 4.69) is 0 Å². The average Bonchev–Trinajstić information content (AvgIpc) is 2.09. The lowest BCUT2D eigenvalue weighted by atomic mass is 9.95. The van der Waals surface area contributed by atoms with Crippen molar-refractivity contribution in [2.75, 3.05) is 6.61 Å². The standard InChI is InChI=1S/C10H14FNO.ClH/c1-10(12,7-13)6-8-4-2-3-5-9(8)11;/h2-5,13H,6-7,12H2,1H3;1H. The van der Waals surface area contributed by atoms with Gasteiger partial charge in [-0.3, -0.25) is 0 Å². The van der Waals surface area contributed by atoms with Crippen molar-refractivity contribution >= 4 is 12.4 Å². The lowest BCUT2D eigenvalue weighted by molar-refractivity contribution is 0.207. The van der Waals surface area contributed by atoms with Crippen LogP contribution in [-0.4, -0.2) is 17.3 Å². The second-order valence-electron chi connectivity index (χ2n) is 3.58. The third-order valence-electron chi connectivity index (χ3n) is 1.91. The van der Waals surface area contributed by atoms with Gasteiger partial charge in [0.2, 0.25) is 0 Å². The Hall–Kier alpha value is -0.640. The molecular formula is C10H15ClFNO. The predicted octanol–water partition coefficient (Wildman–Crippen LogP) is 1.50. The summed E-state index contributed by atoms with van der Waals surface area (Å²) in [4.78, 5) is 0. The molecule has 0 saturated heterocycles. The van der Waals surface area contributed by atoms with Crippen molar-refractivity contribution < 1.29 is 9.50 Å². The highest BCUT2D eigenvalue weighted by molar-refractivity contribution is 5.85. The van der Waals surface area contributed by atoms with Gasteiger partial charge in [0.1, 0.15) is 5.82 Å². The zero-order valence-electron chi connectivity index (χ0n) is 8.03. The smallest absolute Gasteiger partial charge is 0.126 e. The molecule has 0 aliphatic rings. The number of halogens is 2. The van der Waals surface area contributed by atoms with Gasteiger partial charge >= 0.3 is 0 Å². The largest absolute Gasteiger partial charge is 0.394 e. The summed E-state index contributed by atoms with van der Waals surface area (Å²) in [7, 11) is 0. The highest BCUT2D eigenvalue weighted by Crippen LogP contribution is 2.13. The first-order chi connectivity index (χ1) is 6.05. The molecule has 0 aromatic heterocycles. The van der Waals surface area contributed by atoms with E-state index in [1.165, 1.54) is 6.07 Å². The molecule has 0 bridgehead atoms. The maximum atomic E-state index is 13.1. The molecule has 14 heavy (non-hydrogen) atoms. The zero-order valence-corrected chi connectivity index (χ0v) is 8.85. The lowest BCUT2D eigenvalue weighted by Gasteiger charge is -2.21. The zero-order chi connectivity index (χ0) is 9.90. The SMILES string of the molecule is CC(N)(CO)Cc1ccccc1F.Cl. The minimum Gasteiger partial charge on any atom is -0.394 e. The third-order valence-corrected chi connectivity index (χ3v) is 1.91. The van der Waals surface area contributed by atoms with E-state index < -0.39 is 5.54 Å². The molecule has 0 radical (unpaired) electrons. The molecular weight excluding hydrogens is 205 g/mol. The summed E-state index contributed by atoms with van der Waals surface area (Å²) < 4.78 is 13.1. The van der Waals surface area contributed by atoms with Gasteiger partial charge in [-0.2, -0.15) is 0 Å². The Kier molecular flexibility index (Phi) is 5.05. The fourth-order valence-electron chi connectivity index (χ4n) is 1.13. The quantitative estimate of drug-likeness (QED) is 0.810. The van der Waals surface area contributed by atoms with Crippen LogP contribution in [0.3, 0.4) is 0 Å². The highest BCUT2D eigenvalue weighted by Gasteiger charge is 2.19. The van der Waals surface area contributed by atoms with Gasteiger partial charge in [0.25, 0.3) is 0 Å². The summed E-state index contributed by atoms with van der Waals surface area (Å²) in [6.45, 7) is 1.54. The number of hydrogen-bond donors (Lipinski definition) is 2. The summed E-state index contributed by atoms with van der Waals surface area (Å²) in [5.74, 6) is -0.271. The topological polar surface area (TPSA) is 46.2 Å². The molecule has 3 N–H and O–H groups in total. The number of hydrogen-bond acceptors (Lipinski definition) is 2. The maximum absolute atomic E-state index is 13.1. The van der Waals surface area contributed by atoms with E-state index in [4.69, 9.17) is 10.8 Å². The number of nitrogens with two attached hydrogens (primary N) is 1. The number of aliphatic hydroxyl groups is 1. The first-order valence-electron chi connectivity index (χ1n) is 4.18.